The Morgan fingerprint density at radius 2 is 1.61 bits per heavy atom. The first-order valence-electron chi connectivity index (χ1n) is 8.10. The topological polar surface area (TPSA) is 83.8 Å². The van der Waals surface area contributed by atoms with Crippen LogP contribution in [-0.4, -0.2) is 28.8 Å². The first-order chi connectivity index (χ1) is 10.9. The Labute approximate surface area is 137 Å². The van der Waals surface area contributed by atoms with Gasteiger partial charge in [-0.25, -0.2) is 0 Å². The molecule has 5 nitrogen and oxygen atoms in total. The third-order valence-electron chi connectivity index (χ3n) is 4.00. The predicted octanol–water partition coefficient (Wildman–Crippen LogP) is 4.02. The summed E-state index contributed by atoms with van der Waals surface area (Å²) in [5, 5.41) is 18.5. The summed E-state index contributed by atoms with van der Waals surface area (Å²) in [7, 11) is 0. The van der Waals surface area contributed by atoms with E-state index in [0.29, 0.717) is 23.5 Å². The number of benzene rings is 1. The van der Waals surface area contributed by atoms with Crippen LogP contribution in [0.3, 0.4) is 0 Å². The maximum Gasteiger partial charge on any atom is 0.310 e. The Morgan fingerprint density at radius 1 is 1.00 bits per heavy atom. The molecule has 1 aromatic rings. The third-order valence-corrected chi connectivity index (χ3v) is 4.00. The summed E-state index contributed by atoms with van der Waals surface area (Å²) in [6.45, 7) is 5.83. The molecule has 2 unspecified atom stereocenters. The molecule has 0 aliphatic carbocycles. The average Bonchev–Trinajstić information content (AvgIpc) is 2.52. The van der Waals surface area contributed by atoms with Crippen LogP contribution in [0.15, 0.2) is 18.2 Å². The summed E-state index contributed by atoms with van der Waals surface area (Å²) in [6.07, 6.45) is 4.37. The van der Waals surface area contributed by atoms with Crippen LogP contribution in [0.4, 0.5) is 0 Å². The third kappa shape index (κ3) is 5.58. The van der Waals surface area contributed by atoms with E-state index in [2.05, 4.69) is 6.92 Å². The van der Waals surface area contributed by atoms with Gasteiger partial charge in [-0.3, -0.25) is 9.59 Å². The maximum absolute atomic E-state index is 11.3. The highest BCUT2D eigenvalue weighted by molar-refractivity contribution is 5.80. The lowest BCUT2D eigenvalue weighted by molar-refractivity contribution is -0.140. The van der Waals surface area contributed by atoms with Crippen molar-refractivity contribution in [3.63, 3.8) is 0 Å². The van der Waals surface area contributed by atoms with Crippen molar-refractivity contribution in [2.45, 2.75) is 58.3 Å². The van der Waals surface area contributed by atoms with Crippen molar-refractivity contribution >= 4 is 11.9 Å². The number of unbranched alkanes of at least 4 members (excludes halogenated alkanes) is 3. The van der Waals surface area contributed by atoms with Crippen LogP contribution in [0.1, 0.15) is 69.4 Å². The number of hydrogen-bond donors (Lipinski definition) is 2. The summed E-state index contributed by atoms with van der Waals surface area (Å²) in [6, 6.07) is 5.04. The van der Waals surface area contributed by atoms with E-state index >= 15 is 0 Å². The van der Waals surface area contributed by atoms with Gasteiger partial charge in [0.05, 0.1) is 18.4 Å². The summed E-state index contributed by atoms with van der Waals surface area (Å²) in [4.78, 5) is 22.5. The fourth-order valence-corrected chi connectivity index (χ4v) is 2.40. The lowest BCUT2D eigenvalue weighted by Gasteiger charge is -2.18. The molecule has 0 spiro atoms. The highest BCUT2D eigenvalue weighted by atomic mass is 16.5. The molecule has 0 aromatic heterocycles. The molecular formula is C18H26O5. The van der Waals surface area contributed by atoms with E-state index in [1.54, 1.807) is 32.0 Å². The minimum absolute atomic E-state index is 0.499. The quantitative estimate of drug-likeness (QED) is 0.636. The summed E-state index contributed by atoms with van der Waals surface area (Å²) < 4.78 is 5.68. The van der Waals surface area contributed by atoms with Gasteiger partial charge in [0.2, 0.25) is 0 Å². The van der Waals surface area contributed by atoms with E-state index in [1.807, 2.05) is 0 Å². The van der Waals surface area contributed by atoms with Gasteiger partial charge >= 0.3 is 11.9 Å². The van der Waals surface area contributed by atoms with Crippen molar-refractivity contribution in [3.8, 4) is 5.75 Å². The molecular weight excluding hydrogens is 296 g/mol. The summed E-state index contributed by atoms with van der Waals surface area (Å²) >= 11 is 0. The van der Waals surface area contributed by atoms with Crippen molar-refractivity contribution in [1.29, 1.82) is 0 Å². The Balaban J connectivity index is 2.93. The van der Waals surface area contributed by atoms with Crippen LogP contribution < -0.4 is 4.74 Å². The molecule has 0 saturated carbocycles. The Kier molecular flexibility index (Phi) is 7.59. The van der Waals surface area contributed by atoms with Crippen LogP contribution in [0.5, 0.6) is 5.75 Å². The molecule has 2 N–H and O–H groups in total. The molecule has 0 radical (unpaired) electrons. The lowest BCUT2D eigenvalue weighted by atomic mass is 9.89. The molecule has 5 heteroatoms. The smallest absolute Gasteiger partial charge is 0.310 e. The monoisotopic (exact) mass is 322 g/mol. The van der Waals surface area contributed by atoms with E-state index < -0.39 is 23.8 Å². The molecule has 0 aliphatic rings. The van der Waals surface area contributed by atoms with Gasteiger partial charge < -0.3 is 14.9 Å². The fraction of sp³-hybridized carbons (Fsp3) is 0.556. The highest BCUT2D eigenvalue weighted by Crippen LogP contribution is 2.30. The van der Waals surface area contributed by atoms with Gasteiger partial charge in [-0.1, -0.05) is 32.3 Å². The number of carboxylic acids is 2. The van der Waals surface area contributed by atoms with Gasteiger partial charge in [-0.15, -0.1) is 0 Å². The van der Waals surface area contributed by atoms with E-state index in [0.717, 1.165) is 19.3 Å². The van der Waals surface area contributed by atoms with Crippen molar-refractivity contribution in [1.82, 2.24) is 0 Å². The number of ether oxygens (including phenoxy) is 1. The van der Waals surface area contributed by atoms with Gasteiger partial charge in [-0.05, 0) is 43.5 Å². The molecule has 2 atom stereocenters. The molecule has 0 saturated heterocycles. The number of hydrogen-bond acceptors (Lipinski definition) is 3. The lowest BCUT2D eigenvalue weighted by Crippen LogP contribution is -2.15. The second-order valence-electron chi connectivity index (χ2n) is 5.82. The average molecular weight is 322 g/mol. The molecule has 23 heavy (non-hydrogen) atoms. The fourth-order valence-electron chi connectivity index (χ4n) is 2.40. The van der Waals surface area contributed by atoms with E-state index in [4.69, 9.17) is 4.74 Å². The van der Waals surface area contributed by atoms with Crippen molar-refractivity contribution in [3.05, 3.63) is 29.3 Å². The minimum Gasteiger partial charge on any atom is -0.494 e. The second kappa shape index (κ2) is 9.18. The predicted molar refractivity (Wildman–Crippen MR) is 88.2 cm³/mol. The van der Waals surface area contributed by atoms with E-state index in [-0.39, 0.29) is 0 Å². The molecule has 0 amide bonds. The van der Waals surface area contributed by atoms with Gasteiger partial charge in [0, 0.05) is 0 Å². The van der Waals surface area contributed by atoms with E-state index in [9.17, 15) is 19.8 Å². The van der Waals surface area contributed by atoms with Gasteiger partial charge in [0.1, 0.15) is 5.75 Å². The maximum atomic E-state index is 11.3. The Morgan fingerprint density at radius 3 is 2.17 bits per heavy atom. The molecule has 0 aliphatic heterocycles. The molecule has 128 valence electrons. The van der Waals surface area contributed by atoms with E-state index in [1.165, 1.54) is 6.42 Å². The zero-order valence-corrected chi connectivity index (χ0v) is 14.0. The van der Waals surface area contributed by atoms with Crippen molar-refractivity contribution < 1.29 is 24.5 Å². The van der Waals surface area contributed by atoms with Crippen molar-refractivity contribution in [2.24, 2.45) is 0 Å². The zero-order valence-electron chi connectivity index (χ0n) is 14.0. The van der Waals surface area contributed by atoms with Crippen LogP contribution in [0.25, 0.3) is 0 Å². The van der Waals surface area contributed by atoms with Gasteiger partial charge in [0.15, 0.2) is 0 Å². The Bertz CT molecular complexity index is 538. The summed E-state index contributed by atoms with van der Waals surface area (Å²) in [5.41, 5.74) is 1.02. The van der Waals surface area contributed by atoms with Crippen LogP contribution in [0, 0.1) is 0 Å². The molecule has 1 aromatic carbocycles. The first-order valence-corrected chi connectivity index (χ1v) is 8.10. The minimum atomic E-state index is -0.982. The first kappa shape index (κ1) is 19.0. The number of aliphatic carboxylic acids is 2. The molecule has 0 bridgehead atoms. The number of rotatable bonds is 10. The van der Waals surface area contributed by atoms with Gasteiger partial charge in [0.25, 0.3) is 0 Å². The van der Waals surface area contributed by atoms with Crippen LogP contribution in [-0.2, 0) is 9.59 Å². The number of carbonyl (C=O) groups is 2. The second-order valence-corrected chi connectivity index (χ2v) is 5.82. The largest absolute Gasteiger partial charge is 0.494 e. The standard InChI is InChI=1S/C18H26O5/c1-4-5-6-7-10-23-14-8-9-15(12(2)17(19)20)16(11-14)13(3)18(21)22/h8-9,11-13H,4-7,10H2,1-3H3,(H,19,20)(H,21,22). The normalized spacial score (nSPS) is 13.3. The molecule has 1 rings (SSSR count). The Hall–Kier alpha value is -2.04. The summed E-state index contributed by atoms with van der Waals surface area (Å²) in [5.74, 6) is -2.91. The number of carboxylic acid groups (broad SMARTS) is 2. The molecule has 0 fully saturated rings. The van der Waals surface area contributed by atoms with Crippen molar-refractivity contribution in [2.75, 3.05) is 6.61 Å². The molecule has 0 heterocycles. The van der Waals surface area contributed by atoms with Crippen LogP contribution >= 0.6 is 0 Å². The van der Waals surface area contributed by atoms with Gasteiger partial charge in [-0.2, -0.15) is 0 Å². The SMILES string of the molecule is CCCCCCOc1ccc(C(C)C(=O)O)c(C(C)C(=O)O)c1. The highest BCUT2D eigenvalue weighted by Gasteiger charge is 2.24. The van der Waals surface area contributed by atoms with Crippen LogP contribution in [0.2, 0.25) is 0 Å². The zero-order chi connectivity index (χ0) is 17.4.